The van der Waals surface area contributed by atoms with Crippen molar-refractivity contribution in [1.82, 2.24) is 0 Å². The molecule has 0 aromatic carbocycles. The average molecular weight is 928 g/mol. The van der Waals surface area contributed by atoms with Gasteiger partial charge in [-0.2, -0.15) is 0 Å². The van der Waals surface area contributed by atoms with Crippen LogP contribution in [0.4, 0.5) is 0 Å². The van der Waals surface area contributed by atoms with Crippen LogP contribution in [0.25, 0.3) is 0 Å². The highest BCUT2D eigenvalue weighted by molar-refractivity contribution is 7.47. The molecule has 0 aromatic heterocycles. The van der Waals surface area contributed by atoms with E-state index >= 15 is 0 Å². The van der Waals surface area contributed by atoms with Crippen molar-refractivity contribution < 1.29 is 37.6 Å². The lowest BCUT2D eigenvalue weighted by molar-refractivity contribution is -0.161. The molecule has 0 aromatic rings. The molecule has 0 aliphatic rings. The van der Waals surface area contributed by atoms with Crippen LogP contribution in [0.2, 0.25) is 0 Å². The number of carbonyl (C=O) groups is 2. The number of carbonyl (C=O) groups excluding carboxylic acids is 2. The molecule has 380 valence electrons. The van der Waals surface area contributed by atoms with E-state index in [-0.39, 0.29) is 38.6 Å². The second-order valence-electron chi connectivity index (χ2n) is 18.8. The summed E-state index contributed by atoms with van der Waals surface area (Å²) >= 11 is 0. The first kappa shape index (κ1) is 62.8. The lowest BCUT2D eigenvalue weighted by Crippen LogP contribution is -2.29. The number of allylic oxidation sites excluding steroid dienone is 2. The van der Waals surface area contributed by atoms with E-state index in [1.807, 2.05) is 0 Å². The quantitative estimate of drug-likeness (QED) is 0.0265. The summed E-state index contributed by atoms with van der Waals surface area (Å²) < 4.78 is 33.0. The predicted molar refractivity (Wildman–Crippen MR) is 271 cm³/mol. The third-order valence-corrected chi connectivity index (χ3v) is 13.4. The van der Waals surface area contributed by atoms with Crippen LogP contribution < -0.4 is 5.73 Å². The SMILES string of the molecule is CCCCCCCCCC/C=C\CCCCCCCCCCCCCCCCCCCC(=O)OC(COC(=O)CCCCCCCCCCCCCCCC)COP(=O)(O)OCCN. The van der Waals surface area contributed by atoms with Crippen LogP contribution >= 0.6 is 7.82 Å². The molecule has 0 amide bonds. The highest BCUT2D eigenvalue weighted by Gasteiger charge is 2.26. The van der Waals surface area contributed by atoms with Crippen molar-refractivity contribution >= 4 is 19.8 Å². The van der Waals surface area contributed by atoms with Crippen LogP contribution in [0.3, 0.4) is 0 Å². The highest BCUT2D eigenvalue weighted by atomic mass is 31.2. The first-order chi connectivity index (χ1) is 31.3. The van der Waals surface area contributed by atoms with E-state index in [2.05, 4.69) is 26.0 Å². The molecule has 2 atom stereocenters. The molecule has 0 heterocycles. The summed E-state index contributed by atoms with van der Waals surface area (Å²) in [6, 6.07) is 0. The van der Waals surface area contributed by atoms with Crippen molar-refractivity contribution in [2.75, 3.05) is 26.4 Å². The maximum absolute atomic E-state index is 12.7. The molecular formula is C54H106NO8P. The molecule has 0 saturated carbocycles. The lowest BCUT2D eigenvalue weighted by Gasteiger charge is -2.19. The van der Waals surface area contributed by atoms with Gasteiger partial charge >= 0.3 is 19.8 Å². The number of hydrogen-bond acceptors (Lipinski definition) is 8. The smallest absolute Gasteiger partial charge is 0.462 e. The number of phosphoric ester groups is 1. The van der Waals surface area contributed by atoms with E-state index in [1.165, 1.54) is 225 Å². The van der Waals surface area contributed by atoms with Crippen LogP contribution in [0.15, 0.2) is 12.2 Å². The number of ether oxygens (including phenoxy) is 2. The Balaban J connectivity index is 3.88. The normalized spacial score (nSPS) is 13.1. The van der Waals surface area contributed by atoms with Gasteiger partial charge in [-0.3, -0.25) is 18.6 Å². The van der Waals surface area contributed by atoms with Crippen LogP contribution in [0, 0.1) is 0 Å². The first-order valence-electron chi connectivity index (χ1n) is 27.7. The number of nitrogens with two attached hydrogens (primary N) is 1. The Morgan fingerprint density at radius 1 is 0.453 bits per heavy atom. The molecule has 0 aliphatic carbocycles. The highest BCUT2D eigenvalue weighted by Crippen LogP contribution is 2.43. The van der Waals surface area contributed by atoms with E-state index in [0.717, 1.165) is 32.1 Å². The maximum Gasteiger partial charge on any atom is 0.472 e. The predicted octanol–water partition coefficient (Wildman–Crippen LogP) is 16.9. The summed E-state index contributed by atoms with van der Waals surface area (Å²) in [5, 5.41) is 0. The molecule has 0 bridgehead atoms. The molecule has 0 saturated heterocycles. The molecule has 0 aliphatic heterocycles. The molecule has 0 rings (SSSR count). The Bertz CT molecular complexity index is 1060. The molecule has 0 radical (unpaired) electrons. The van der Waals surface area contributed by atoms with E-state index < -0.39 is 26.5 Å². The van der Waals surface area contributed by atoms with Crippen LogP contribution in [-0.4, -0.2) is 49.3 Å². The Hall–Kier alpha value is -1.25. The standard InChI is InChI=1S/C54H106NO8P/c1-3-5-7-9-11-13-15-17-19-20-21-22-23-24-25-26-27-28-29-30-31-32-33-35-37-39-41-43-45-47-54(57)63-52(51-62-64(58,59)61-49-48-55)50-60-53(56)46-44-42-40-38-36-34-18-16-14-12-10-8-6-4-2/h20-21,52H,3-19,22-51,55H2,1-2H3,(H,58,59)/b21-20-. The van der Waals surface area contributed by atoms with Gasteiger partial charge in [-0.25, -0.2) is 4.57 Å². The molecule has 10 heteroatoms. The van der Waals surface area contributed by atoms with Crippen molar-refractivity contribution in [2.45, 2.75) is 296 Å². The van der Waals surface area contributed by atoms with Gasteiger partial charge in [-0.15, -0.1) is 0 Å². The van der Waals surface area contributed by atoms with Crippen molar-refractivity contribution in [3.05, 3.63) is 12.2 Å². The molecule has 64 heavy (non-hydrogen) atoms. The molecule has 0 spiro atoms. The minimum atomic E-state index is -4.38. The van der Waals surface area contributed by atoms with Crippen LogP contribution in [0.5, 0.6) is 0 Å². The summed E-state index contributed by atoms with van der Waals surface area (Å²) in [6.45, 7) is 3.79. The zero-order valence-electron chi connectivity index (χ0n) is 42.3. The van der Waals surface area contributed by atoms with Gasteiger partial charge in [0.15, 0.2) is 6.10 Å². The monoisotopic (exact) mass is 928 g/mol. The largest absolute Gasteiger partial charge is 0.472 e. The second kappa shape index (κ2) is 51.1. The maximum atomic E-state index is 12.7. The third kappa shape index (κ3) is 50.2. The molecule has 3 N–H and O–H groups in total. The fourth-order valence-corrected chi connectivity index (χ4v) is 9.05. The van der Waals surface area contributed by atoms with Gasteiger partial charge < -0.3 is 20.1 Å². The first-order valence-corrected chi connectivity index (χ1v) is 29.2. The van der Waals surface area contributed by atoms with Crippen molar-refractivity contribution in [1.29, 1.82) is 0 Å². The van der Waals surface area contributed by atoms with E-state index in [1.54, 1.807) is 0 Å². The Morgan fingerprint density at radius 2 is 0.766 bits per heavy atom. The van der Waals surface area contributed by atoms with E-state index in [4.69, 9.17) is 24.3 Å². The number of hydrogen-bond donors (Lipinski definition) is 2. The summed E-state index contributed by atoms with van der Waals surface area (Å²) in [5.41, 5.74) is 5.37. The second-order valence-corrected chi connectivity index (χ2v) is 20.3. The van der Waals surface area contributed by atoms with Gasteiger partial charge in [0.1, 0.15) is 6.61 Å². The summed E-state index contributed by atoms with van der Waals surface area (Å²) in [6.07, 6.45) is 57.0. The van der Waals surface area contributed by atoms with Crippen molar-refractivity contribution in [3.63, 3.8) is 0 Å². The lowest BCUT2D eigenvalue weighted by atomic mass is 10.0. The Morgan fingerprint density at radius 3 is 1.11 bits per heavy atom. The Labute approximate surface area is 396 Å². The summed E-state index contributed by atoms with van der Waals surface area (Å²) in [5.74, 6) is -0.809. The number of unbranched alkanes of at least 4 members (excludes halogenated alkanes) is 38. The number of esters is 2. The fraction of sp³-hybridized carbons (Fsp3) is 0.926. The number of rotatable bonds is 53. The fourth-order valence-electron chi connectivity index (χ4n) is 8.28. The molecule has 2 unspecified atom stereocenters. The zero-order chi connectivity index (χ0) is 46.7. The van der Waals surface area contributed by atoms with E-state index in [9.17, 15) is 19.0 Å². The minimum Gasteiger partial charge on any atom is -0.462 e. The average Bonchev–Trinajstić information content (AvgIpc) is 3.28. The zero-order valence-corrected chi connectivity index (χ0v) is 43.2. The minimum absolute atomic E-state index is 0.0573. The van der Waals surface area contributed by atoms with Crippen molar-refractivity contribution in [3.8, 4) is 0 Å². The van der Waals surface area contributed by atoms with Gasteiger partial charge in [0.2, 0.25) is 0 Å². The van der Waals surface area contributed by atoms with Crippen LogP contribution in [0.1, 0.15) is 290 Å². The third-order valence-electron chi connectivity index (χ3n) is 12.4. The van der Waals surface area contributed by atoms with Gasteiger partial charge in [0.05, 0.1) is 13.2 Å². The molecular weight excluding hydrogens is 822 g/mol. The summed E-state index contributed by atoms with van der Waals surface area (Å²) in [4.78, 5) is 35.1. The van der Waals surface area contributed by atoms with Crippen molar-refractivity contribution in [2.24, 2.45) is 5.73 Å². The van der Waals surface area contributed by atoms with Gasteiger partial charge in [0.25, 0.3) is 0 Å². The van der Waals surface area contributed by atoms with E-state index in [0.29, 0.717) is 6.42 Å². The number of phosphoric acid groups is 1. The Kier molecular flexibility index (Phi) is 50.1. The molecule has 9 nitrogen and oxygen atoms in total. The topological polar surface area (TPSA) is 134 Å². The van der Waals surface area contributed by atoms with Gasteiger partial charge in [0, 0.05) is 19.4 Å². The van der Waals surface area contributed by atoms with Crippen LogP contribution in [-0.2, 0) is 32.7 Å². The molecule has 0 fully saturated rings. The van der Waals surface area contributed by atoms with Gasteiger partial charge in [-0.05, 0) is 38.5 Å². The van der Waals surface area contributed by atoms with Gasteiger partial charge in [-0.1, -0.05) is 251 Å². The summed E-state index contributed by atoms with van der Waals surface area (Å²) in [7, 11) is -4.38.